The maximum Gasteiger partial charge on any atom is 0.191 e. The topological polar surface area (TPSA) is 64.1 Å². The Hall–Kier alpha value is -2.00. The molecule has 29 heavy (non-hydrogen) atoms. The number of guanidine groups is 1. The highest BCUT2D eigenvalue weighted by atomic mass is 127. The van der Waals surface area contributed by atoms with E-state index < -0.39 is 0 Å². The number of benzene rings is 2. The van der Waals surface area contributed by atoms with E-state index in [-0.39, 0.29) is 24.0 Å². The zero-order chi connectivity index (χ0) is 20.0. The van der Waals surface area contributed by atoms with Crippen LogP contribution in [0.3, 0.4) is 0 Å². The molecule has 0 bridgehead atoms. The number of aryl methyl sites for hydroxylation is 1. The molecule has 0 saturated carbocycles. The lowest BCUT2D eigenvalue weighted by Gasteiger charge is -2.16. The number of para-hydroxylation sites is 1. The highest BCUT2D eigenvalue weighted by Gasteiger charge is 2.06. The Morgan fingerprint density at radius 3 is 2.48 bits per heavy atom. The molecule has 0 aliphatic rings. The van der Waals surface area contributed by atoms with Crippen molar-refractivity contribution < 1.29 is 14.2 Å². The minimum atomic E-state index is 0. The van der Waals surface area contributed by atoms with E-state index in [0.717, 1.165) is 28.6 Å². The standard InChI is InChI=1S/C22H31N3O3.HI/c1-4-26-14-15-28-21-16-18(2)10-11-19(21)17-25-22(23-3)24-12-13-27-20-8-6-5-7-9-20;/h5-11,16H,4,12-15,17H2,1-3H3,(H2,23,24,25);1H. The lowest BCUT2D eigenvalue weighted by Crippen LogP contribution is -2.39. The minimum absolute atomic E-state index is 0. The van der Waals surface area contributed by atoms with E-state index in [9.17, 15) is 0 Å². The van der Waals surface area contributed by atoms with Gasteiger partial charge in [-0.1, -0.05) is 30.3 Å². The van der Waals surface area contributed by atoms with Crippen molar-refractivity contribution in [3.8, 4) is 11.5 Å². The summed E-state index contributed by atoms with van der Waals surface area (Å²) in [5, 5.41) is 6.57. The van der Waals surface area contributed by atoms with Gasteiger partial charge in [-0.15, -0.1) is 24.0 Å². The molecule has 160 valence electrons. The Balaban J connectivity index is 0.00000420. The van der Waals surface area contributed by atoms with E-state index in [1.54, 1.807) is 7.05 Å². The third-order valence-corrected chi connectivity index (χ3v) is 3.99. The van der Waals surface area contributed by atoms with E-state index >= 15 is 0 Å². The molecule has 0 unspecified atom stereocenters. The summed E-state index contributed by atoms with van der Waals surface area (Å²) in [6.45, 7) is 7.67. The Morgan fingerprint density at radius 1 is 0.966 bits per heavy atom. The van der Waals surface area contributed by atoms with Crippen molar-refractivity contribution in [1.29, 1.82) is 0 Å². The van der Waals surface area contributed by atoms with Crippen LogP contribution < -0.4 is 20.1 Å². The SMILES string of the molecule is CCOCCOc1cc(C)ccc1CNC(=NC)NCCOc1ccccc1.I. The number of hydrogen-bond acceptors (Lipinski definition) is 4. The summed E-state index contributed by atoms with van der Waals surface area (Å²) in [4.78, 5) is 4.26. The van der Waals surface area contributed by atoms with Crippen LogP contribution >= 0.6 is 24.0 Å². The van der Waals surface area contributed by atoms with Gasteiger partial charge in [0.15, 0.2) is 5.96 Å². The van der Waals surface area contributed by atoms with Gasteiger partial charge < -0.3 is 24.8 Å². The predicted octanol–water partition coefficient (Wildman–Crippen LogP) is 3.77. The minimum Gasteiger partial charge on any atom is -0.492 e. The molecule has 0 radical (unpaired) electrons. The molecule has 2 N–H and O–H groups in total. The maximum absolute atomic E-state index is 5.89. The smallest absolute Gasteiger partial charge is 0.191 e. The molecule has 0 aliphatic carbocycles. The van der Waals surface area contributed by atoms with E-state index in [0.29, 0.717) is 39.5 Å². The molecule has 0 amide bonds. The van der Waals surface area contributed by atoms with E-state index in [2.05, 4.69) is 34.7 Å². The lowest BCUT2D eigenvalue weighted by molar-refractivity contribution is 0.110. The fraction of sp³-hybridized carbons (Fsp3) is 0.409. The molecule has 7 heteroatoms. The number of aliphatic imine (C=N–C) groups is 1. The third kappa shape index (κ3) is 9.85. The Bertz CT molecular complexity index is 726. The van der Waals surface area contributed by atoms with Gasteiger partial charge in [-0.3, -0.25) is 4.99 Å². The number of ether oxygens (including phenoxy) is 3. The summed E-state index contributed by atoms with van der Waals surface area (Å²) in [6, 6.07) is 16.0. The van der Waals surface area contributed by atoms with Gasteiger partial charge in [0.05, 0.1) is 13.2 Å². The van der Waals surface area contributed by atoms with Gasteiger partial charge in [-0.05, 0) is 37.6 Å². The molecule has 0 spiro atoms. The van der Waals surface area contributed by atoms with Crippen LogP contribution in [0.5, 0.6) is 11.5 Å². The van der Waals surface area contributed by atoms with E-state index in [1.165, 1.54) is 0 Å². The molecule has 0 saturated heterocycles. The molecule has 6 nitrogen and oxygen atoms in total. The number of rotatable bonds is 11. The lowest BCUT2D eigenvalue weighted by atomic mass is 10.1. The zero-order valence-electron chi connectivity index (χ0n) is 17.4. The summed E-state index contributed by atoms with van der Waals surface area (Å²) >= 11 is 0. The summed E-state index contributed by atoms with van der Waals surface area (Å²) in [7, 11) is 1.75. The number of halogens is 1. The molecule has 0 aliphatic heterocycles. The van der Waals surface area contributed by atoms with Gasteiger partial charge >= 0.3 is 0 Å². The molecular formula is C22H32IN3O3. The van der Waals surface area contributed by atoms with E-state index in [4.69, 9.17) is 14.2 Å². The molecule has 0 heterocycles. The molecule has 2 aromatic rings. The highest BCUT2D eigenvalue weighted by molar-refractivity contribution is 14.0. The first-order valence-electron chi connectivity index (χ1n) is 9.65. The van der Waals surface area contributed by atoms with Gasteiger partial charge in [0.25, 0.3) is 0 Å². The molecular weight excluding hydrogens is 481 g/mol. The van der Waals surface area contributed by atoms with Crippen molar-refractivity contribution in [2.24, 2.45) is 4.99 Å². The van der Waals surface area contributed by atoms with Crippen molar-refractivity contribution >= 4 is 29.9 Å². The quantitative estimate of drug-likeness (QED) is 0.207. The van der Waals surface area contributed by atoms with Crippen molar-refractivity contribution in [2.45, 2.75) is 20.4 Å². The second-order valence-corrected chi connectivity index (χ2v) is 6.17. The second-order valence-electron chi connectivity index (χ2n) is 6.17. The molecule has 2 aromatic carbocycles. The predicted molar refractivity (Wildman–Crippen MR) is 129 cm³/mol. The van der Waals surface area contributed by atoms with Crippen molar-refractivity contribution in [3.63, 3.8) is 0 Å². The van der Waals surface area contributed by atoms with Crippen LogP contribution in [-0.4, -0.2) is 46.0 Å². The van der Waals surface area contributed by atoms with Crippen LogP contribution in [0.2, 0.25) is 0 Å². The average molecular weight is 513 g/mol. The van der Waals surface area contributed by atoms with Crippen LogP contribution in [0.4, 0.5) is 0 Å². The first kappa shape index (κ1) is 25.0. The molecule has 2 rings (SSSR count). The monoisotopic (exact) mass is 513 g/mol. The fourth-order valence-corrected chi connectivity index (χ4v) is 2.55. The first-order chi connectivity index (χ1) is 13.7. The Kier molecular flexibility index (Phi) is 12.9. The molecule has 0 fully saturated rings. The van der Waals surface area contributed by atoms with Gasteiger partial charge in [0.1, 0.15) is 24.7 Å². The third-order valence-electron chi connectivity index (χ3n) is 3.99. The zero-order valence-corrected chi connectivity index (χ0v) is 19.8. The fourth-order valence-electron chi connectivity index (χ4n) is 2.55. The first-order valence-corrected chi connectivity index (χ1v) is 9.65. The number of nitrogens with zero attached hydrogens (tertiary/aromatic N) is 1. The average Bonchev–Trinajstić information content (AvgIpc) is 2.72. The number of hydrogen-bond donors (Lipinski definition) is 2. The summed E-state index contributed by atoms with van der Waals surface area (Å²) in [5.74, 6) is 2.45. The Morgan fingerprint density at radius 2 is 1.76 bits per heavy atom. The van der Waals surface area contributed by atoms with E-state index in [1.807, 2.05) is 43.3 Å². The van der Waals surface area contributed by atoms with Gasteiger partial charge in [-0.25, -0.2) is 0 Å². The molecule has 0 aromatic heterocycles. The largest absolute Gasteiger partial charge is 0.492 e. The summed E-state index contributed by atoms with van der Waals surface area (Å²) in [6.07, 6.45) is 0. The van der Waals surface area contributed by atoms with Crippen LogP contribution in [0, 0.1) is 6.92 Å². The number of nitrogens with one attached hydrogen (secondary N) is 2. The van der Waals surface area contributed by atoms with Crippen molar-refractivity contribution in [3.05, 3.63) is 59.7 Å². The van der Waals surface area contributed by atoms with Crippen molar-refractivity contribution in [2.75, 3.05) is 40.0 Å². The van der Waals surface area contributed by atoms with Crippen molar-refractivity contribution in [1.82, 2.24) is 10.6 Å². The highest BCUT2D eigenvalue weighted by Crippen LogP contribution is 2.20. The summed E-state index contributed by atoms with van der Waals surface area (Å²) in [5.41, 5.74) is 2.24. The summed E-state index contributed by atoms with van der Waals surface area (Å²) < 4.78 is 16.9. The van der Waals surface area contributed by atoms with Crippen LogP contribution in [0.1, 0.15) is 18.1 Å². The second kappa shape index (κ2) is 14.9. The normalized spacial score (nSPS) is 10.8. The van der Waals surface area contributed by atoms with Gasteiger partial charge in [0, 0.05) is 25.8 Å². The van der Waals surface area contributed by atoms with Gasteiger partial charge in [-0.2, -0.15) is 0 Å². The van der Waals surface area contributed by atoms with Crippen LogP contribution in [0.25, 0.3) is 0 Å². The van der Waals surface area contributed by atoms with Gasteiger partial charge in [0.2, 0.25) is 0 Å². The Labute approximate surface area is 191 Å². The van der Waals surface area contributed by atoms with Crippen LogP contribution in [0.15, 0.2) is 53.5 Å². The van der Waals surface area contributed by atoms with Crippen LogP contribution in [-0.2, 0) is 11.3 Å². The maximum atomic E-state index is 5.89. The molecule has 0 atom stereocenters.